The summed E-state index contributed by atoms with van der Waals surface area (Å²) in [7, 11) is 0. The standard InChI is InChI=1S/C19H27NO3/c1-18(2,3)23-17(21)20-10-9-19(4,13-20)22-12-15-11-14-7-5-6-8-16(14)15/h5-8,15H,9-13H2,1-4H3. The zero-order valence-corrected chi connectivity index (χ0v) is 14.6. The fraction of sp³-hybridized carbons (Fsp3) is 0.632. The first kappa shape index (κ1) is 16.3. The Morgan fingerprint density at radius 1 is 1.35 bits per heavy atom. The third-order valence-corrected chi connectivity index (χ3v) is 4.68. The summed E-state index contributed by atoms with van der Waals surface area (Å²) in [5.74, 6) is 0.499. The fourth-order valence-electron chi connectivity index (χ4n) is 3.35. The van der Waals surface area contributed by atoms with Crippen LogP contribution in [-0.4, -0.2) is 41.9 Å². The normalized spacial score (nSPS) is 26.6. The van der Waals surface area contributed by atoms with Crippen LogP contribution in [-0.2, 0) is 15.9 Å². The zero-order chi connectivity index (χ0) is 16.7. The Labute approximate surface area is 138 Å². The second kappa shape index (κ2) is 5.82. The lowest BCUT2D eigenvalue weighted by molar-refractivity contribution is -0.0354. The first-order chi connectivity index (χ1) is 10.8. The van der Waals surface area contributed by atoms with Gasteiger partial charge in [-0.25, -0.2) is 4.79 Å². The highest BCUT2D eigenvalue weighted by Gasteiger charge is 2.39. The van der Waals surface area contributed by atoms with E-state index in [1.807, 2.05) is 20.8 Å². The maximum Gasteiger partial charge on any atom is 0.410 e. The van der Waals surface area contributed by atoms with Crippen LogP contribution in [0.4, 0.5) is 4.79 Å². The van der Waals surface area contributed by atoms with Gasteiger partial charge in [-0.1, -0.05) is 24.3 Å². The summed E-state index contributed by atoms with van der Waals surface area (Å²) in [6.07, 6.45) is 1.72. The van der Waals surface area contributed by atoms with Crippen LogP contribution in [0.25, 0.3) is 0 Å². The number of fused-ring (bicyclic) bond motifs is 1. The first-order valence-corrected chi connectivity index (χ1v) is 8.45. The lowest BCUT2D eigenvalue weighted by Crippen LogP contribution is -2.40. The first-order valence-electron chi connectivity index (χ1n) is 8.45. The van der Waals surface area contributed by atoms with Crippen molar-refractivity contribution in [1.29, 1.82) is 0 Å². The van der Waals surface area contributed by atoms with Crippen LogP contribution in [0, 0.1) is 0 Å². The summed E-state index contributed by atoms with van der Waals surface area (Å²) in [6.45, 7) is 9.82. The van der Waals surface area contributed by atoms with Gasteiger partial charge in [-0.2, -0.15) is 0 Å². The minimum atomic E-state index is -0.452. The van der Waals surface area contributed by atoms with Gasteiger partial charge in [0.2, 0.25) is 0 Å². The SMILES string of the molecule is CC(C)(C)OC(=O)N1CCC(C)(OCC2Cc3ccccc32)C1. The predicted molar refractivity (Wildman–Crippen MR) is 89.7 cm³/mol. The quantitative estimate of drug-likeness (QED) is 0.852. The van der Waals surface area contributed by atoms with E-state index in [2.05, 4.69) is 31.2 Å². The molecule has 1 heterocycles. The van der Waals surface area contributed by atoms with E-state index in [1.165, 1.54) is 11.1 Å². The highest BCUT2D eigenvalue weighted by Crippen LogP contribution is 2.37. The molecule has 2 atom stereocenters. The number of rotatable bonds is 3. The lowest BCUT2D eigenvalue weighted by atomic mass is 9.78. The van der Waals surface area contributed by atoms with Crippen molar-refractivity contribution >= 4 is 6.09 Å². The van der Waals surface area contributed by atoms with Gasteiger partial charge in [0, 0.05) is 12.5 Å². The predicted octanol–water partition coefficient (Wildman–Crippen LogP) is 3.74. The van der Waals surface area contributed by atoms with Crippen molar-refractivity contribution in [3.8, 4) is 0 Å². The minimum absolute atomic E-state index is 0.237. The number of likely N-dealkylation sites (tertiary alicyclic amines) is 1. The number of benzene rings is 1. The molecule has 126 valence electrons. The van der Waals surface area contributed by atoms with Gasteiger partial charge >= 0.3 is 6.09 Å². The Hall–Kier alpha value is -1.55. The summed E-state index contributed by atoms with van der Waals surface area (Å²) in [5.41, 5.74) is 2.14. The molecule has 1 fully saturated rings. The van der Waals surface area contributed by atoms with Crippen LogP contribution in [0.5, 0.6) is 0 Å². The van der Waals surface area contributed by atoms with Gasteiger partial charge in [-0.3, -0.25) is 0 Å². The molecule has 0 spiro atoms. The van der Waals surface area contributed by atoms with Crippen molar-refractivity contribution in [2.24, 2.45) is 0 Å². The average molecular weight is 317 g/mol. The van der Waals surface area contributed by atoms with Gasteiger partial charge in [0.05, 0.1) is 18.8 Å². The van der Waals surface area contributed by atoms with Crippen molar-refractivity contribution in [2.45, 2.75) is 57.7 Å². The largest absolute Gasteiger partial charge is 0.444 e. The molecule has 3 rings (SSSR count). The average Bonchev–Trinajstić information content (AvgIpc) is 2.81. The molecule has 0 radical (unpaired) electrons. The van der Waals surface area contributed by atoms with Gasteiger partial charge in [-0.15, -0.1) is 0 Å². The van der Waals surface area contributed by atoms with E-state index >= 15 is 0 Å². The zero-order valence-electron chi connectivity index (χ0n) is 14.6. The highest BCUT2D eigenvalue weighted by molar-refractivity contribution is 5.68. The van der Waals surface area contributed by atoms with E-state index in [1.54, 1.807) is 4.90 Å². The molecule has 1 aliphatic carbocycles. The lowest BCUT2D eigenvalue weighted by Gasteiger charge is -2.34. The van der Waals surface area contributed by atoms with Crippen LogP contribution in [0.15, 0.2) is 24.3 Å². The minimum Gasteiger partial charge on any atom is -0.444 e. The Morgan fingerprint density at radius 3 is 2.78 bits per heavy atom. The maximum absolute atomic E-state index is 12.2. The number of amides is 1. The van der Waals surface area contributed by atoms with Crippen LogP contribution in [0.1, 0.15) is 51.2 Å². The molecule has 0 saturated carbocycles. The number of hydrogen-bond donors (Lipinski definition) is 0. The molecular formula is C19H27NO3. The van der Waals surface area contributed by atoms with Crippen molar-refractivity contribution in [3.05, 3.63) is 35.4 Å². The summed E-state index contributed by atoms with van der Waals surface area (Å²) < 4.78 is 11.7. The second-order valence-corrected chi connectivity index (χ2v) is 8.01. The number of carbonyl (C=O) groups excluding carboxylic acids is 1. The van der Waals surface area contributed by atoms with E-state index in [9.17, 15) is 4.79 Å². The third kappa shape index (κ3) is 3.69. The van der Waals surface area contributed by atoms with Gasteiger partial charge in [0.25, 0.3) is 0 Å². The molecule has 23 heavy (non-hydrogen) atoms. The molecule has 4 nitrogen and oxygen atoms in total. The molecule has 1 aliphatic heterocycles. The molecule has 1 aromatic rings. The fourth-order valence-corrected chi connectivity index (χ4v) is 3.35. The molecule has 1 saturated heterocycles. The van der Waals surface area contributed by atoms with Crippen molar-refractivity contribution in [3.63, 3.8) is 0 Å². The van der Waals surface area contributed by atoms with E-state index < -0.39 is 5.60 Å². The smallest absolute Gasteiger partial charge is 0.410 e. The number of ether oxygens (including phenoxy) is 2. The van der Waals surface area contributed by atoms with E-state index in [4.69, 9.17) is 9.47 Å². The Kier molecular flexibility index (Phi) is 4.13. The number of carbonyl (C=O) groups is 1. The Balaban J connectivity index is 1.51. The monoisotopic (exact) mass is 317 g/mol. The molecular weight excluding hydrogens is 290 g/mol. The summed E-state index contributed by atoms with van der Waals surface area (Å²) in [6, 6.07) is 8.56. The van der Waals surface area contributed by atoms with E-state index in [-0.39, 0.29) is 11.7 Å². The van der Waals surface area contributed by atoms with Crippen LogP contribution < -0.4 is 0 Å². The van der Waals surface area contributed by atoms with Crippen LogP contribution in [0.3, 0.4) is 0 Å². The molecule has 0 aromatic heterocycles. The molecule has 4 heteroatoms. The Bertz CT molecular complexity index is 593. The van der Waals surface area contributed by atoms with E-state index in [0.29, 0.717) is 19.0 Å². The van der Waals surface area contributed by atoms with Crippen molar-refractivity contribution < 1.29 is 14.3 Å². The highest BCUT2D eigenvalue weighted by atomic mass is 16.6. The summed E-state index contributed by atoms with van der Waals surface area (Å²) in [5, 5.41) is 0. The summed E-state index contributed by atoms with van der Waals surface area (Å²) >= 11 is 0. The molecule has 0 N–H and O–H groups in total. The van der Waals surface area contributed by atoms with Gasteiger partial charge < -0.3 is 14.4 Å². The third-order valence-electron chi connectivity index (χ3n) is 4.68. The van der Waals surface area contributed by atoms with Gasteiger partial charge in [0.1, 0.15) is 5.60 Å². The molecule has 0 bridgehead atoms. The van der Waals surface area contributed by atoms with E-state index in [0.717, 1.165) is 19.4 Å². The second-order valence-electron chi connectivity index (χ2n) is 8.01. The maximum atomic E-state index is 12.2. The van der Waals surface area contributed by atoms with Gasteiger partial charge in [-0.05, 0) is 51.7 Å². The summed E-state index contributed by atoms with van der Waals surface area (Å²) in [4.78, 5) is 13.9. The number of nitrogens with zero attached hydrogens (tertiary/aromatic N) is 1. The topological polar surface area (TPSA) is 38.8 Å². The van der Waals surface area contributed by atoms with Gasteiger partial charge in [0.15, 0.2) is 0 Å². The van der Waals surface area contributed by atoms with Crippen molar-refractivity contribution in [2.75, 3.05) is 19.7 Å². The van der Waals surface area contributed by atoms with Crippen LogP contribution in [0.2, 0.25) is 0 Å². The number of hydrogen-bond acceptors (Lipinski definition) is 3. The molecule has 1 aromatic carbocycles. The Morgan fingerprint density at radius 2 is 2.09 bits per heavy atom. The molecule has 2 unspecified atom stereocenters. The molecule has 2 aliphatic rings. The molecule has 1 amide bonds. The van der Waals surface area contributed by atoms with Crippen LogP contribution >= 0.6 is 0 Å². The van der Waals surface area contributed by atoms with Crippen molar-refractivity contribution in [1.82, 2.24) is 4.90 Å².